The molecule has 2 atom stereocenters. The Morgan fingerprint density at radius 2 is 2.22 bits per heavy atom. The normalized spacial score (nSPS) is 15.6. The summed E-state index contributed by atoms with van der Waals surface area (Å²) in [5.74, 6) is 0.287. The van der Waals surface area contributed by atoms with Gasteiger partial charge in [-0.15, -0.1) is 0 Å². The molecule has 10 nitrogen and oxygen atoms in total. The first-order valence-electron chi connectivity index (χ1n) is 6.95. The maximum Gasteiger partial charge on any atom is 0.353 e. The number of nitrogens with zero attached hydrogens (tertiary/aromatic N) is 4. The van der Waals surface area contributed by atoms with Crippen molar-refractivity contribution >= 4 is 24.6 Å². The average Bonchev–Trinajstić information content (AvgIpc) is 2.94. The van der Waals surface area contributed by atoms with E-state index in [1.54, 1.807) is 10.9 Å². The van der Waals surface area contributed by atoms with Gasteiger partial charge in [0, 0.05) is 13.7 Å². The van der Waals surface area contributed by atoms with Crippen LogP contribution in [0.3, 0.4) is 0 Å². The molecule has 0 amide bonds. The van der Waals surface area contributed by atoms with Crippen LogP contribution in [0.2, 0.25) is 0 Å². The molecule has 2 aromatic rings. The van der Waals surface area contributed by atoms with Crippen molar-refractivity contribution in [2.75, 3.05) is 32.4 Å². The minimum Gasteiger partial charge on any atom is -0.382 e. The van der Waals surface area contributed by atoms with E-state index in [1.165, 1.54) is 6.33 Å². The molecule has 0 aliphatic carbocycles. The highest BCUT2D eigenvalue weighted by Crippen LogP contribution is 2.40. The summed E-state index contributed by atoms with van der Waals surface area (Å²) in [6, 6.07) is 0. The predicted octanol–water partition coefficient (Wildman–Crippen LogP) is 0.619. The second-order valence-electron chi connectivity index (χ2n) is 4.73. The summed E-state index contributed by atoms with van der Waals surface area (Å²) in [5, 5.41) is 0. The molecule has 1 unspecified atom stereocenters. The van der Waals surface area contributed by atoms with Crippen LogP contribution in [0.25, 0.3) is 11.2 Å². The zero-order valence-electron chi connectivity index (χ0n) is 13.0. The van der Waals surface area contributed by atoms with Crippen molar-refractivity contribution in [3.8, 4) is 0 Å². The van der Waals surface area contributed by atoms with E-state index in [2.05, 4.69) is 19.5 Å². The lowest BCUT2D eigenvalue weighted by Crippen LogP contribution is -2.26. The van der Waals surface area contributed by atoms with Gasteiger partial charge < -0.3 is 29.2 Å². The first-order valence-corrected chi connectivity index (χ1v) is 8.71. The van der Waals surface area contributed by atoms with Crippen LogP contribution in [0.1, 0.15) is 6.92 Å². The summed E-state index contributed by atoms with van der Waals surface area (Å²) >= 11 is 0. The quantitative estimate of drug-likeness (QED) is 0.627. The summed E-state index contributed by atoms with van der Waals surface area (Å²) < 4.78 is 28.6. The summed E-state index contributed by atoms with van der Waals surface area (Å²) in [5.41, 5.74) is 6.79. The Morgan fingerprint density at radius 3 is 2.91 bits per heavy atom. The predicted molar refractivity (Wildman–Crippen MR) is 82.8 cm³/mol. The third kappa shape index (κ3) is 4.69. The lowest BCUT2D eigenvalue weighted by Gasteiger charge is -2.19. The van der Waals surface area contributed by atoms with E-state index in [0.717, 1.165) is 7.11 Å². The number of anilines is 1. The SMILES string of the molecule is CCOC[C@@H](Cn1cnc2c(N)ncnc21)OCP(=O)(O)OC. The molecule has 23 heavy (non-hydrogen) atoms. The van der Waals surface area contributed by atoms with Crippen LogP contribution in [-0.4, -0.2) is 57.2 Å². The van der Waals surface area contributed by atoms with Gasteiger partial charge in [0.05, 0.1) is 25.6 Å². The molecule has 0 saturated heterocycles. The molecule has 0 radical (unpaired) electrons. The minimum atomic E-state index is -3.75. The van der Waals surface area contributed by atoms with Crippen LogP contribution in [0.5, 0.6) is 0 Å². The molecule has 2 aromatic heterocycles. The molecule has 0 saturated carbocycles. The van der Waals surface area contributed by atoms with Gasteiger partial charge in [-0.1, -0.05) is 0 Å². The Kier molecular flexibility index (Phi) is 6.03. The van der Waals surface area contributed by atoms with Gasteiger partial charge in [-0.2, -0.15) is 0 Å². The number of aromatic nitrogens is 4. The van der Waals surface area contributed by atoms with Crippen molar-refractivity contribution in [1.82, 2.24) is 19.5 Å². The maximum absolute atomic E-state index is 11.5. The van der Waals surface area contributed by atoms with Crippen molar-refractivity contribution in [1.29, 1.82) is 0 Å². The van der Waals surface area contributed by atoms with Crippen LogP contribution in [0.4, 0.5) is 5.82 Å². The van der Waals surface area contributed by atoms with E-state index in [9.17, 15) is 9.46 Å². The topological polar surface area (TPSA) is 135 Å². The van der Waals surface area contributed by atoms with Crippen molar-refractivity contribution in [3.63, 3.8) is 0 Å². The van der Waals surface area contributed by atoms with E-state index < -0.39 is 20.0 Å². The number of nitrogen functional groups attached to an aromatic ring is 1. The molecule has 128 valence electrons. The molecule has 3 N–H and O–H groups in total. The Bertz CT molecular complexity index is 694. The molecule has 0 spiro atoms. The highest BCUT2D eigenvalue weighted by atomic mass is 31.2. The smallest absolute Gasteiger partial charge is 0.353 e. The average molecular weight is 345 g/mol. The number of fused-ring (bicyclic) bond motifs is 1. The minimum absolute atomic E-state index is 0.250. The lowest BCUT2D eigenvalue weighted by molar-refractivity contribution is -0.00893. The molecule has 2 heterocycles. The summed E-state index contributed by atoms with van der Waals surface area (Å²) in [6.07, 6.45) is 2.01. The van der Waals surface area contributed by atoms with Crippen molar-refractivity contribution in [3.05, 3.63) is 12.7 Å². The van der Waals surface area contributed by atoms with E-state index >= 15 is 0 Å². The standard InChI is InChI=1S/C12H20N5O5P/c1-3-21-5-9(22-8-23(18,19)20-2)4-17-7-16-10-11(13)14-6-15-12(10)17/h6-7,9H,3-5,8H2,1-2H3,(H,18,19)(H2,13,14,15)/t9-/m1/s1. The third-order valence-corrected chi connectivity index (χ3v) is 4.14. The van der Waals surface area contributed by atoms with Crippen LogP contribution in [-0.2, 0) is 25.1 Å². The van der Waals surface area contributed by atoms with Crippen LogP contribution < -0.4 is 5.73 Å². The molecule has 0 aromatic carbocycles. The number of hydrogen-bond donors (Lipinski definition) is 2. The lowest BCUT2D eigenvalue weighted by atomic mass is 10.3. The molecular formula is C12H20N5O5P. The number of ether oxygens (including phenoxy) is 2. The molecule has 2 rings (SSSR count). The summed E-state index contributed by atoms with van der Waals surface area (Å²) in [4.78, 5) is 21.6. The van der Waals surface area contributed by atoms with Gasteiger partial charge in [-0.05, 0) is 6.92 Å². The third-order valence-electron chi connectivity index (χ3n) is 3.10. The monoisotopic (exact) mass is 345 g/mol. The number of nitrogens with two attached hydrogens (primary N) is 1. The zero-order chi connectivity index (χ0) is 16.9. The molecule has 11 heteroatoms. The second kappa shape index (κ2) is 7.80. The van der Waals surface area contributed by atoms with Crippen molar-refractivity contribution in [2.24, 2.45) is 0 Å². The van der Waals surface area contributed by atoms with Crippen LogP contribution in [0.15, 0.2) is 12.7 Å². The first-order chi connectivity index (χ1) is 11.0. The molecule has 0 bridgehead atoms. The molecule has 0 aliphatic heterocycles. The summed E-state index contributed by atoms with van der Waals surface area (Å²) in [6.45, 7) is 2.93. The van der Waals surface area contributed by atoms with Gasteiger partial charge in [-0.3, -0.25) is 4.57 Å². The molecule has 0 aliphatic rings. The van der Waals surface area contributed by atoms with Gasteiger partial charge in [0.2, 0.25) is 0 Å². The second-order valence-corrected chi connectivity index (χ2v) is 6.62. The van der Waals surface area contributed by atoms with Crippen molar-refractivity contribution in [2.45, 2.75) is 19.6 Å². The van der Waals surface area contributed by atoms with Gasteiger partial charge in [-0.25, -0.2) is 15.0 Å². The number of imidazole rings is 1. The Balaban J connectivity index is 2.12. The van der Waals surface area contributed by atoms with E-state index in [-0.39, 0.29) is 12.4 Å². The fraction of sp³-hybridized carbons (Fsp3) is 0.583. The van der Waals surface area contributed by atoms with Gasteiger partial charge in [0.15, 0.2) is 11.5 Å². The zero-order valence-corrected chi connectivity index (χ0v) is 13.8. The highest BCUT2D eigenvalue weighted by Gasteiger charge is 2.22. The van der Waals surface area contributed by atoms with Gasteiger partial charge >= 0.3 is 7.60 Å². The number of hydrogen-bond acceptors (Lipinski definition) is 8. The first kappa shape index (κ1) is 17.8. The van der Waals surface area contributed by atoms with E-state index in [0.29, 0.717) is 24.3 Å². The fourth-order valence-corrected chi connectivity index (χ4v) is 2.41. The maximum atomic E-state index is 11.5. The Labute approximate surface area is 133 Å². The number of rotatable bonds is 9. The Hall–Kier alpha value is -1.58. The van der Waals surface area contributed by atoms with Crippen LogP contribution >= 0.6 is 7.60 Å². The van der Waals surface area contributed by atoms with Crippen LogP contribution in [0, 0.1) is 0 Å². The largest absolute Gasteiger partial charge is 0.382 e. The van der Waals surface area contributed by atoms with Gasteiger partial charge in [0.1, 0.15) is 18.2 Å². The molecular weight excluding hydrogens is 325 g/mol. The Morgan fingerprint density at radius 1 is 1.43 bits per heavy atom. The van der Waals surface area contributed by atoms with Gasteiger partial charge in [0.25, 0.3) is 0 Å². The van der Waals surface area contributed by atoms with E-state index in [1.807, 2.05) is 6.92 Å². The highest BCUT2D eigenvalue weighted by molar-refractivity contribution is 7.52. The molecule has 0 fully saturated rings. The van der Waals surface area contributed by atoms with Crippen molar-refractivity contribution < 1.29 is 23.5 Å². The van der Waals surface area contributed by atoms with E-state index in [4.69, 9.17) is 15.2 Å². The fourth-order valence-electron chi connectivity index (χ4n) is 1.91. The summed E-state index contributed by atoms with van der Waals surface area (Å²) in [7, 11) is -2.60.